The molecule has 3 heterocycles. The minimum atomic E-state index is -2.49. The van der Waals surface area contributed by atoms with Crippen LogP contribution in [0.25, 0.3) is 0 Å². The van der Waals surface area contributed by atoms with E-state index in [1.165, 1.54) is 0 Å². The lowest BCUT2D eigenvalue weighted by molar-refractivity contribution is -0.0809. The predicted molar refractivity (Wildman–Crippen MR) is 60.6 cm³/mol. The average Bonchev–Trinajstić information content (AvgIpc) is 2.63. The largest absolute Gasteiger partial charge is 0.443 e. The summed E-state index contributed by atoms with van der Waals surface area (Å²) in [6, 6.07) is 0.858. The Morgan fingerprint density at radius 1 is 1.39 bits per heavy atom. The third-order valence-corrected chi connectivity index (χ3v) is 4.33. The molecular weight excluding hydrogens is 242 g/mol. The van der Waals surface area contributed by atoms with Crippen molar-refractivity contribution in [3.8, 4) is 0 Å². The molecule has 18 heavy (non-hydrogen) atoms. The van der Waals surface area contributed by atoms with Crippen LogP contribution >= 0.6 is 0 Å². The molecule has 2 unspecified atom stereocenters. The summed E-state index contributed by atoms with van der Waals surface area (Å²) >= 11 is 0. The molecule has 1 spiro atoms. The first-order chi connectivity index (χ1) is 8.56. The lowest BCUT2D eigenvalue weighted by Gasteiger charge is -2.45. The number of nitrogens with zero attached hydrogens (tertiary/aromatic N) is 1. The van der Waals surface area contributed by atoms with E-state index in [1.54, 1.807) is 0 Å². The molecule has 3 rings (SSSR count). The number of nitrogens with one attached hydrogen (secondary N) is 1. The van der Waals surface area contributed by atoms with E-state index >= 15 is 0 Å². The summed E-state index contributed by atoms with van der Waals surface area (Å²) in [7, 11) is 0. The van der Waals surface area contributed by atoms with E-state index in [0.29, 0.717) is 25.0 Å². The van der Waals surface area contributed by atoms with Crippen molar-refractivity contribution < 1.29 is 18.3 Å². The summed E-state index contributed by atoms with van der Waals surface area (Å²) in [6.07, 6.45) is 1.55. The van der Waals surface area contributed by atoms with Gasteiger partial charge in [-0.25, -0.2) is 13.6 Å². The van der Waals surface area contributed by atoms with E-state index in [4.69, 9.17) is 4.74 Å². The van der Waals surface area contributed by atoms with Gasteiger partial charge in [-0.2, -0.15) is 0 Å². The Morgan fingerprint density at radius 2 is 2.06 bits per heavy atom. The number of halogens is 2. The molecule has 0 aliphatic carbocycles. The van der Waals surface area contributed by atoms with Crippen LogP contribution in [0.15, 0.2) is 0 Å². The SMILES string of the molecule is O=C1OC2(CCN1CC(F)F)CC1CCC(C2)N1. The Bertz CT molecular complexity index is 339. The molecule has 4 nitrogen and oxygen atoms in total. The number of hydrogen-bond acceptors (Lipinski definition) is 3. The number of piperidine rings is 1. The molecular formula is C12H18F2N2O2. The zero-order valence-electron chi connectivity index (χ0n) is 10.2. The summed E-state index contributed by atoms with van der Waals surface area (Å²) in [6.45, 7) is -0.122. The first-order valence-corrected chi connectivity index (χ1v) is 6.58. The smallest absolute Gasteiger partial charge is 0.410 e. The van der Waals surface area contributed by atoms with Crippen LogP contribution in [0, 0.1) is 0 Å². The third kappa shape index (κ3) is 2.18. The fourth-order valence-electron chi connectivity index (χ4n) is 3.56. The normalized spacial score (nSPS) is 39.5. The summed E-state index contributed by atoms with van der Waals surface area (Å²) in [5.41, 5.74) is -0.396. The highest BCUT2D eigenvalue weighted by atomic mass is 19.3. The average molecular weight is 260 g/mol. The maximum Gasteiger partial charge on any atom is 0.410 e. The number of fused-ring (bicyclic) bond motifs is 2. The molecule has 102 valence electrons. The van der Waals surface area contributed by atoms with Crippen LogP contribution in [-0.2, 0) is 4.74 Å². The summed E-state index contributed by atoms with van der Waals surface area (Å²) in [5.74, 6) is 0. The molecule has 3 aliphatic heterocycles. The van der Waals surface area contributed by atoms with E-state index in [2.05, 4.69) is 5.32 Å². The van der Waals surface area contributed by atoms with E-state index in [-0.39, 0.29) is 0 Å². The van der Waals surface area contributed by atoms with Crippen LogP contribution in [0.2, 0.25) is 0 Å². The molecule has 0 aromatic rings. The maximum atomic E-state index is 12.3. The van der Waals surface area contributed by atoms with Crippen LogP contribution in [0.3, 0.4) is 0 Å². The highest BCUT2D eigenvalue weighted by Gasteiger charge is 2.49. The van der Waals surface area contributed by atoms with Gasteiger partial charge in [0.1, 0.15) is 5.60 Å². The van der Waals surface area contributed by atoms with E-state index < -0.39 is 24.7 Å². The quantitative estimate of drug-likeness (QED) is 0.822. The number of rotatable bonds is 2. The Morgan fingerprint density at radius 3 is 2.61 bits per heavy atom. The molecule has 0 saturated carbocycles. The lowest BCUT2D eigenvalue weighted by Crippen LogP contribution is -2.57. The van der Waals surface area contributed by atoms with Crippen LogP contribution < -0.4 is 5.32 Å². The van der Waals surface area contributed by atoms with Gasteiger partial charge in [0.05, 0.1) is 6.54 Å². The molecule has 0 aromatic carbocycles. The topological polar surface area (TPSA) is 41.6 Å². The van der Waals surface area contributed by atoms with Gasteiger partial charge in [0.15, 0.2) is 0 Å². The summed E-state index contributed by atoms with van der Waals surface area (Å²) in [5, 5.41) is 3.50. The van der Waals surface area contributed by atoms with Crippen molar-refractivity contribution in [3.63, 3.8) is 0 Å². The first-order valence-electron chi connectivity index (χ1n) is 6.58. The van der Waals surface area contributed by atoms with Crippen molar-refractivity contribution in [1.82, 2.24) is 10.2 Å². The van der Waals surface area contributed by atoms with Gasteiger partial charge in [-0.1, -0.05) is 0 Å². The second kappa shape index (κ2) is 4.33. The standard InChI is InChI=1S/C12H18F2N2O2/c13-10(14)7-16-4-3-12(18-11(16)17)5-8-1-2-9(6-12)15-8/h8-10,15H,1-7H2. The third-order valence-electron chi connectivity index (χ3n) is 4.33. The second-order valence-electron chi connectivity index (χ2n) is 5.68. The number of carbonyl (C=O) groups excluding carboxylic acids is 1. The van der Waals surface area contributed by atoms with Crippen LogP contribution in [0.5, 0.6) is 0 Å². The second-order valence-corrected chi connectivity index (χ2v) is 5.68. The van der Waals surface area contributed by atoms with E-state index in [0.717, 1.165) is 30.6 Å². The molecule has 3 fully saturated rings. The molecule has 2 atom stereocenters. The van der Waals surface area contributed by atoms with Crippen molar-refractivity contribution in [2.24, 2.45) is 0 Å². The van der Waals surface area contributed by atoms with Crippen LogP contribution in [0.1, 0.15) is 32.1 Å². The number of amides is 1. The number of alkyl halides is 2. The van der Waals surface area contributed by atoms with E-state index in [9.17, 15) is 13.6 Å². The van der Waals surface area contributed by atoms with Gasteiger partial charge < -0.3 is 15.0 Å². The van der Waals surface area contributed by atoms with Gasteiger partial charge in [0.2, 0.25) is 0 Å². The number of ether oxygens (including phenoxy) is 1. The van der Waals surface area contributed by atoms with Crippen molar-refractivity contribution in [1.29, 1.82) is 0 Å². The van der Waals surface area contributed by atoms with Gasteiger partial charge in [-0.05, 0) is 12.8 Å². The Hall–Kier alpha value is -0.910. The van der Waals surface area contributed by atoms with E-state index in [1.807, 2.05) is 0 Å². The Kier molecular flexibility index (Phi) is 2.92. The minimum Gasteiger partial charge on any atom is -0.443 e. The first kappa shape index (κ1) is 12.1. The van der Waals surface area contributed by atoms with Gasteiger partial charge in [-0.15, -0.1) is 0 Å². The lowest BCUT2D eigenvalue weighted by atomic mass is 9.83. The highest BCUT2D eigenvalue weighted by molar-refractivity contribution is 5.69. The van der Waals surface area contributed by atoms with Crippen LogP contribution in [-0.4, -0.2) is 48.2 Å². The molecule has 6 heteroatoms. The van der Waals surface area contributed by atoms with Gasteiger partial charge in [0, 0.05) is 37.9 Å². The highest BCUT2D eigenvalue weighted by Crippen LogP contribution is 2.41. The zero-order chi connectivity index (χ0) is 12.8. The van der Waals surface area contributed by atoms with Crippen LogP contribution in [0.4, 0.5) is 13.6 Å². The monoisotopic (exact) mass is 260 g/mol. The maximum absolute atomic E-state index is 12.3. The summed E-state index contributed by atoms with van der Waals surface area (Å²) < 4.78 is 30.1. The van der Waals surface area contributed by atoms with Gasteiger partial charge in [0.25, 0.3) is 6.43 Å². The molecule has 1 N–H and O–H groups in total. The van der Waals surface area contributed by atoms with Crippen molar-refractivity contribution >= 4 is 6.09 Å². The van der Waals surface area contributed by atoms with Crippen molar-refractivity contribution in [2.75, 3.05) is 13.1 Å². The van der Waals surface area contributed by atoms with Gasteiger partial charge in [-0.3, -0.25) is 0 Å². The number of hydrogen-bond donors (Lipinski definition) is 1. The summed E-state index contributed by atoms with van der Waals surface area (Å²) in [4.78, 5) is 12.9. The number of carbonyl (C=O) groups is 1. The molecule has 0 aromatic heterocycles. The molecule has 3 saturated heterocycles. The molecule has 2 bridgehead atoms. The molecule has 0 radical (unpaired) electrons. The van der Waals surface area contributed by atoms with Crippen molar-refractivity contribution in [2.45, 2.75) is 56.2 Å². The predicted octanol–water partition coefficient (Wildman–Crippen LogP) is 1.75. The van der Waals surface area contributed by atoms with Gasteiger partial charge >= 0.3 is 6.09 Å². The zero-order valence-corrected chi connectivity index (χ0v) is 10.2. The fraction of sp³-hybridized carbons (Fsp3) is 0.917. The minimum absolute atomic E-state index is 0.391. The fourth-order valence-corrected chi connectivity index (χ4v) is 3.56. The Labute approximate surface area is 105 Å². The Balaban J connectivity index is 1.65. The van der Waals surface area contributed by atoms with Crippen molar-refractivity contribution in [3.05, 3.63) is 0 Å². The molecule has 3 aliphatic rings. The molecule has 1 amide bonds.